The van der Waals surface area contributed by atoms with Crippen molar-refractivity contribution >= 4 is 17.7 Å². The summed E-state index contributed by atoms with van der Waals surface area (Å²) in [5, 5.41) is 3.04. The van der Waals surface area contributed by atoms with E-state index in [2.05, 4.69) is 5.32 Å². The van der Waals surface area contributed by atoms with E-state index in [1.807, 2.05) is 31.2 Å². The Balaban J connectivity index is 1.25. The molecule has 1 N–H and O–H groups in total. The number of rotatable bonds is 9. The zero-order valence-corrected chi connectivity index (χ0v) is 17.1. The molecule has 0 radical (unpaired) electrons. The lowest BCUT2D eigenvalue weighted by Gasteiger charge is -2.30. The Morgan fingerprint density at radius 2 is 1.69 bits per heavy atom. The number of hydrogen-bond acceptors (Lipinski definition) is 4. The van der Waals surface area contributed by atoms with Gasteiger partial charge >= 0.3 is 0 Å². The lowest BCUT2D eigenvalue weighted by atomic mass is 9.81. The smallest absolute Gasteiger partial charge is 0.253 e. The molecule has 0 unspecified atom stereocenters. The first kappa shape index (κ1) is 21.1. The van der Waals surface area contributed by atoms with Gasteiger partial charge < -0.3 is 10.1 Å². The van der Waals surface area contributed by atoms with Gasteiger partial charge in [-0.15, -0.1) is 0 Å². The first-order chi connectivity index (χ1) is 14.0. The van der Waals surface area contributed by atoms with Crippen molar-refractivity contribution in [1.82, 2.24) is 10.2 Å². The maximum absolute atomic E-state index is 12.4. The van der Waals surface area contributed by atoms with Crippen molar-refractivity contribution < 1.29 is 19.1 Å². The third kappa shape index (κ3) is 6.17. The van der Waals surface area contributed by atoms with Crippen LogP contribution in [-0.4, -0.2) is 42.3 Å². The van der Waals surface area contributed by atoms with Crippen LogP contribution in [0, 0.1) is 18.8 Å². The summed E-state index contributed by atoms with van der Waals surface area (Å²) in [6.45, 7) is 3.83. The maximum atomic E-state index is 12.4. The molecule has 1 aromatic rings. The van der Waals surface area contributed by atoms with Gasteiger partial charge in [-0.25, -0.2) is 0 Å². The highest BCUT2D eigenvalue weighted by molar-refractivity contribution is 6.12. The van der Waals surface area contributed by atoms with E-state index in [9.17, 15) is 14.4 Å². The molecule has 6 heteroatoms. The molecule has 3 rings (SSSR count). The quantitative estimate of drug-likeness (QED) is 0.513. The molecule has 29 heavy (non-hydrogen) atoms. The average Bonchev–Trinajstić information content (AvgIpc) is 3.04. The Labute approximate surface area is 172 Å². The van der Waals surface area contributed by atoms with Crippen molar-refractivity contribution in [3.63, 3.8) is 0 Å². The topological polar surface area (TPSA) is 75.7 Å². The van der Waals surface area contributed by atoms with Crippen LogP contribution in [0.5, 0.6) is 5.75 Å². The second kappa shape index (κ2) is 10.2. The molecule has 1 aliphatic carbocycles. The molecule has 0 atom stereocenters. The van der Waals surface area contributed by atoms with Gasteiger partial charge in [0.1, 0.15) is 5.75 Å². The van der Waals surface area contributed by atoms with Crippen LogP contribution in [0.25, 0.3) is 0 Å². The fourth-order valence-corrected chi connectivity index (χ4v) is 3.88. The zero-order valence-electron chi connectivity index (χ0n) is 17.1. The van der Waals surface area contributed by atoms with Gasteiger partial charge in [0.2, 0.25) is 5.91 Å². The van der Waals surface area contributed by atoms with Crippen LogP contribution in [-0.2, 0) is 14.4 Å². The normalized spacial score (nSPS) is 21.5. The Morgan fingerprint density at radius 1 is 1.03 bits per heavy atom. The number of nitrogens with zero attached hydrogens (tertiary/aromatic N) is 1. The summed E-state index contributed by atoms with van der Waals surface area (Å²) in [6.07, 6.45) is 7.82. The lowest BCUT2D eigenvalue weighted by Crippen LogP contribution is -2.38. The number of benzene rings is 1. The second-order valence-corrected chi connectivity index (χ2v) is 8.00. The van der Waals surface area contributed by atoms with E-state index in [0.717, 1.165) is 44.3 Å². The minimum atomic E-state index is -0.221. The molecule has 0 saturated heterocycles. The van der Waals surface area contributed by atoms with Crippen LogP contribution in [0.4, 0.5) is 0 Å². The van der Waals surface area contributed by atoms with Gasteiger partial charge in [0, 0.05) is 31.2 Å². The third-order valence-corrected chi connectivity index (χ3v) is 5.72. The highest BCUT2D eigenvalue weighted by atomic mass is 16.5. The number of ether oxygens (including phenoxy) is 1. The second-order valence-electron chi connectivity index (χ2n) is 8.00. The van der Waals surface area contributed by atoms with Crippen LogP contribution in [0.1, 0.15) is 44.1 Å². The van der Waals surface area contributed by atoms with E-state index >= 15 is 0 Å². The van der Waals surface area contributed by atoms with Crippen molar-refractivity contribution in [2.24, 2.45) is 11.8 Å². The average molecular weight is 399 g/mol. The molecule has 2 aliphatic rings. The number of unbranched alkanes of at least 4 members (excludes halogenated alkanes) is 1. The number of nitrogens with one attached hydrogen (secondary N) is 1. The van der Waals surface area contributed by atoms with Crippen molar-refractivity contribution in [3.05, 3.63) is 42.0 Å². The Bertz CT molecular complexity index is 731. The van der Waals surface area contributed by atoms with E-state index in [-0.39, 0.29) is 23.6 Å². The van der Waals surface area contributed by atoms with Crippen LogP contribution < -0.4 is 10.1 Å². The molecule has 6 nitrogen and oxygen atoms in total. The van der Waals surface area contributed by atoms with E-state index in [1.165, 1.54) is 22.6 Å². The summed E-state index contributed by atoms with van der Waals surface area (Å²) in [5.41, 5.74) is 1.21. The largest absolute Gasteiger partial charge is 0.494 e. The van der Waals surface area contributed by atoms with Crippen molar-refractivity contribution in [1.29, 1.82) is 0 Å². The first-order valence-electron chi connectivity index (χ1n) is 10.5. The summed E-state index contributed by atoms with van der Waals surface area (Å²) >= 11 is 0. The van der Waals surface area contributed by atoms with E-state index < -0.39 is 0 Å². The van der Waals surface area contributed by atoms with Gasteiger partial charge in [-0.1, -0.05) is 17.7 Å². The van der Waals surface area contributed by atoms with E-state index in [1.54, 1.807) is 0 Å². The van der Waals surface area contributed by atoms with Crippen molar-refractivity contribution in [2.45, 2.75) is 45.4 Å². The summed E-state index contributed by atoms with van der Waals surface area (Å²) < 4.78 is 5.70. The number of carbonyl (C=O) groups is 3. The monoisotopic (exact) mass is 398 g/mol. The Morgan fingerprint density at radius 3 is 2.34 bits per heavy atom. The zero-order chi connectivity index (χ0) is 20.6. The number of hydrogen-bond donors (Lipinski definition) is 1. The minimum absolute atomic E-state index is 0.0400. The van der Waals surface area contributed by atoms with Gasteiger partial charge in [-0.05, 0) is 63.5 Å². The SMILES string of the molecule is Cc1ccc(OCCCCNC(=O)C2CCC(CN3C(=O)C=CC3=O)CC2)cc1. The van der Waals surface area contributed by atoms with Crippen LogP contribution in [0.3, 0.4) is 0 Å². The van der Waals surface area contributed by atoms with Crippen LogP contribution in [0.2, 0.25) is 0 Å². The molecule has 3 amide bonds. The molecule has 0 aromatic heterocycles. The predicted molar refractivity (Wildman–Crippen MR) is 110 cm³/mol. The number of aryl methyl sites for hydroxylation is 1. The highest BCUT2D eigenvalue weighted by Crippen LogP contribution is 2.30. The molecule has 0 spiro atoms. The predicted octanol–water partition coefficient (Wildman–Crippen LogP) is 3.00. The van der Waals surface area contributed by atoms with Crippen molar-refractivity contribution in [3.8, 4) is 5.75 Å². The summed E-state index contributed by atoms with van der Waals surface area (Å²) in [5.74, 6) is 0.897. The van der Waals surface area contributed by atoms with Crippen LogP contribution in [0.15, 0.2) is 36.4 Å². The Kier molecular flexibility index (Phi) is 7.44. The summed E-state index contributed by atoms with van der Waals surface area (Å²) in [7, 11) is 0. The minimum Gasteiger partial charge on any atom is -0.494 e. The van der Waals surface area contributed by atoms with Gasteiger partial charge in [-0.2, -0.15) is 0 Å². The molecule has 1 saturated carbocycles. The van der Waals surface area contributed by atoms with Gasteiger partial charge in [0.05, 0.1) is 6.61 Å². The first-order valence-corrected chi connectivity index (χ1v) is 10.5. The molecule has 1 aromatic carbocycles. The molecule has 1 heterocycles. The fraction of sp³-hybridized carbons (Fsp3) is 0.522. The number of amides is 3. The van der Waals surface area contributed by atoms with E-state index in [4.69, 9.17) is 4.74 Å². The van der Waals surface area contributed by atoms with Gasteiger partial charge in [0.15, 0.2) is 0 Å². The standard InChI is InChI=1S/C23H30N2O4/c1-17-4-10-20(11-5-17)29-15-3-2-14-24-23(28)19-8-6-18(7-9-19)16-25-21(26)12-13-22(25)27/h4-5,10-13,18-19H,2-3,6-9,14-16H2,1H3,(H,24,28). The molecule has 156 valence electrons. The van der Waals surface area contributed by atoms with Crippen LogP contribution >= 0.6 is 0 Å². The van der Waals surface area contributed by atoms with Gasteiger partial charge in [-0.3, -0.25) is 19.3 Å². The number of imide groups is 1. The summed E-state index contributed by atoms with van der Waals surface area (Å²) in [6, 6.07) is 8.00. The Hall–Kier alpha value is -2.63. The molecule has 0 bridgehead atoms. The summed E-state index contributed by atoms with van der Waals surface area (Å²) in [4.78, 5) is 37.0. The fourth-order valence-electron chi connectivity index (χ4n) is 3.88. The van der Waals surface area contributed by atoms with E-state index in [0.29, 0.717) is 25.6 Å². The maximum Gasteiger partial charge on any atom is 0.253 e. The molecular weight excluding hydrogens is 368 g/mol. The van der Waals surface area contributed by atoms with Crippen molar-refractivity contribution in [2.75, 3.05) is 19.7 Å². The highest BCUT2D eigenvalue weighted by Gasteiger charge is 2.31. The lowest BCUT2D eigenvalue weighted by molar-refractivity contribution is -0.138. The number of carbonyl (C=O) groups excluding carboxylic acids is 3. The molecule has 1 fully saturated rings. The molecular formula is C23H30N2O4. The van der Waals surface area contributed by atoms with Gasteiger partial charge in [0.25, 0.3) is 11.8 Å². The third-order valence-electron chi connectivity index (χ3n) is 5.72. The molecule has 1 aliphatic heterocycles.